The van der Waals surface area contributed by atoms with Gasteiger partial charge < -0.3 is 14.7 Å². The number of hydrogen-bond acceptors (Lipinski definition) is 7. The molecule has 1 aliphatic carbocycles. The Morgan fingerprint density at radius 1 is 1.03 bits per heavy atom. The summed E-state index contributed by atoms with van der Waals surface area (Å²) in [4.78, 5) is 23.6. The van der Waals surface area contributed by atoms with Gasteiger partial charge in [-0.1, -0.05) is 0 Å². The van der Waals surface area contributed by atoms with Crippen molar-refractivity contribution in [2.24, 2.45) is 0 Å². The molecule has 4 rings (SSSR count). The van der Waals surface area contributed by atoms with Gasteiger partial charge >= 0.3 is 0 Å². The summed E-state index contributed by atoms with van der Waals surface area (Å²) >= 11 is 0. The minimum Gasteiger partial charge on any atom is -0.363 e. The second-order valence-corrected chi connectivity index (χ2v) is 8.07. The molecule has 1 aliphatic heterocycles. The minimum atomic E-state index is -2.58. The molecule has 3 heterocycles. The summed E-state index contributed by atoms with van der Waals surface area (Å²) in [5, 5.41) is 0. The van der Waals surface area contributed by atoms with Gasteiger partial charge in [-0.2, -0.15) is 0 Å². The van der Waals surface area contributed by atoms with Gasteiger partial charge in [0.1, 0.15) is 35.3 Å². The van der Waals surface area contributed by atoms with Gasteiger partial charge in [0, 0.05) is 58.3 Å². The van der Waals surface area contributed by atoms with Crippen molar-refractivity contribution >= 4 is 17.5 Å². The molecule has 0 bridgehead atoms. The molecule has 2 aromatic rings. The Morgan fingerprint density at radius 3 is 2.48 bits per heavy atom. The van der Waals surface area contributed by atoms with Gasteiger partial charge in [0.05, 0.1) is 0 Å². The van der Waals surface area contributed by atoms with Crippen molar-refractivity contribution < 1.29 is 8.78 Å². The van der Waals surface area contributed by atoms with Crippen LogP contribution in [0.1, 0.15) is 49.5 Å². The lowest BCUT2D eigenvalue weighted by atomic mass is 10.0. The predicted molar refractivity (Wildman–Crippen MR) is 109 cm³/mol. The molecule has 0 N–H and O–H groups in total. The van der Waals surface area contributed by atoms with Crippen molar-refractivity contribution in [3.63, 3.8) is 0 Å². The second kappa shape index (κ2) is 8.04. The smallest absolute Gasteiger partial charge is 0.280 e. The van der Waals surface area contributed by atoms with Crippen molar-refractivity contribution in [2.45, 2.75) is 44.1 Å². The van der Waals surface area contributed by atoms with Crippen LogP contribution in [0.15, 0.2) is 18.5 Å². The highest BCUT2D eigenvalue weighted by Crippen LogP contribution is 2.39. The fourth-order valence-electron chi connectivity index (χ4n) is 3.71. The molecule has 1 atom stereocenters. The molecule has 9 heteroatoms. The molecule has 2 fully saturated rings. The van der Waals surface area contributed by atoms with E-state index in [4.69, 9.17) is 0 Å². The molecule has 2 aromatic heterocycles. The summed E-state index contributed by atoms with van der Waals surface area (Å²) in [5.41, 5.74) is -0.168. The second-order valence-electron chi connectivity index (χ2n) is 8.07. The van der Waals surface area contributed by atoms with E-state index in [1.54, 1.807) is 6.33 Å². The van der Waals surface area contributed by atoms with Crippen molar-refractivity contribution in [3.8, 4) is 0 Å². The van der Waals surface area contributed by atoms with Gasteiger partial charge in [-0.25, -0.2) is 28.7 Å². The van der Waals surface area contributed by atoms with Crippen molar-refractivity contribution in [2.75, 3.05) is 48.9 Å². The van der Waals surface area contributed by atoms with Gasteiger partial charge in [-0.05, 0) is 25.7 Å². The van der Waals surface area contributed by atoms with Crippen LogP contribution in [0.4, 0.5) is 26.2 Å². The maximum Gasteiger partial charge on any atom is 0.280 e. The normalized spacial score (nSPS) is 19.5. The predicted octanol–water partition coefficient (Wildman–Crippen LogP) is 3.25. The monoisotopic (exact) mass is 403 g/mol. The highest BCUT2D eigenvalue weighted by atomic mass is 19.3. The highest BCUT2D eigenvalue weighted by molar-refractivity contribution is 5.50. The first-order valence-electron chi connectivity index (χ1n) is 10.1. The molecular formula is C20H27F2N7. The van der Waals surface area contributed by atoms with E-state index in [9.17, 15) is 8.78 Å². The molecule has 29 heavy (non-hydrogen) atoms. The van der Waals surface area contributed by atoms with Crippen LogP contribution in [0.5, 0.6) is 0 Å². The molecule has 1 saturated carbocycles. The summed E-state index contributed by atoms with van der Waals surface area (Å²) in [6.07, 6.45) is 2.94. The molecule has 0 aromatic carbocycles. The van der Waals surface area contributed by atoms with Crippen LogP contribution in [0.2, 0.25) is 0 Å². The molecule has 2 aliphatic rings. The standard InChI is InChI=1S/C20H27F2N7/c1-27(2)16-10-17(24-12-23-16)28(3)14-5-4-8-29(11-14)18-9-15(19(21)22)25-20(26-18)13-6-7-13/h9-10,12-14,19H,4-8,11H2,1-3H3. The average molecular weight is 403 g/mol. The van der Waals surface area contributed by atoms with E-state index in [2.05, 4.69) is 29.7 Å². The quantitative estimate of drug-likeness (QED) is 0.734. The number of alkyl halides is 2. The Bertz CT molecular complexity index is 836. The van der Waals surface area contributed by atoms with Crippen LogP contribution < -0.4 is 14.7 Å². The molecule has 0 amide bonds. The fourth-order valence-corrected chi connectivity index (χ4v) is 3.71. The Morgan fingerprint density at radius 2 is 1.79 bits per heavy atom. The number of hydrogen-bond donors (Lipinski definition) is 0. The van der Waals surface area contributed by atoms with Crippen molar-refractivity contribution in [1.29, 1.82) is 0 Å². The third-order valence-corrected chi connectivity index (χ3v) is 5.64. The fraction of sp³-hybridized carbons (Fsp3) is 0.600. The van der Waals surface area contributed by atoms with Gasteiger partial charge in [0.25, 0.3) is 6.43 Å². The zero-order chi connectivity index (χ0) is 20.5. The lowest BCUT2D eigenvalue weighted by Crippen LogP contribution is -2.47. The number of anilines is 3. The summed E-state index contributed by atoms with van der Waals surface area (Å²) in [6, 6.07) is 3.63. The minimum absolute atomic E-state index is 0.168. The lowest BCUT2D eigenvalue weighted by molar-refractivity contribution is 0.145. The topological polar surface area (TPSA) is 61.3 Å². The first-order valence-corrected chi connectivity index (χ1v) is 10.1. The third-order valence-electron chi connectivity index (χ3n) is 5.64. The van der Waals surface area contributed by atoms with E-state index in [0.29, 0.717) is 18.2 Å². The summed E-state index contributed by atoms with van der Waals surface area (Å²) in [6.45, 7) is 1.52. The van der Waals surface area contributed by atoms with Gasteiger partial charge in [0.2, 0.25) is 0 Å². The zero-order valence-electron chi connectivity index (χ0n) is 17.1. The maximum atomic E-state index is 13.4. The molecule has 1 saturated heterocycles. The number of piperidine rings is 1. The van der Waals surface area contributed by atoms with E-state index < -0.39 is 6.43 Å². The van der Waals surface area contributed by atoms with Crippen LogP contribution >= 0.6 is 0 Å². The van der Waals surface area contributed by atoms with Crippen LogP contribution in [0.3, 0.4) is 0 Å². The number of aromatic nitrogens is 4. The molecule has 156 valence electrons. The van der Waals surface area contributed by atoms with Gasteiger partial charge in [-0.3, -0.25) is 0 Å². The van der Waals surface area contributed by atoms with Crippen LogP contribution in [0, 0.1) is 0 Å². The molecule has 0 radical (unpaired) electrons. The van der Waals surface area contributed by atoms with E-state index in [1.807, 2.05) is 32.1 Å². The third kappa shape index (κ3) is 4.38. The average Bonchev–Trinajstić information content (AvgIpc) is 3.58. The number of rotatable bonds is 6. The van der Waals surface area contributed by atoms with E-state index >= 15 is 0 Å². The van der Waals surface area contributed by atoms with E-state index in [1.165, 1.54) is 6.07 Å². The van der Waals surface area contributed by atoms with Gasteiger partial charge in [0.15, 0.2) is 0 Å². The Labute approximate surface area is 169 Å². The van der Waals surface area contributed by atoms with Crippen molar-refractivity contribution in [3.05, 3.63) is 30.0 Å². The first-order chi connectivity index (χ1) is 13.9. The summed E-state index contributed by atoms with van der Waals surface area (Å²) in [7, 11) is 5.92. The summed E-state index contributed by atoms with van der Waals surface area (Å²) < 4.78 is 26.7. The SMILES string of the molecule is CN(C)c1cc(N(C)C2CCCN(c3cc(C(F)F)nc(C4CC4)n3)C2)ncn1. The molecule has 0 spiro atoms. The molecule has 1 unspecified atom stereocenters. The Kier molecular flexibility index (Phi) is 5.47. The van der Waals surface area contributed by atoms with Gasteiger partial charge in [-0.15, -0.1) is 0 Å². The van der Waals surface area contributed by atoms with Crippen LogP contribution in [-0.2, 0) is 0 Å². The highest BCUT2D eigenvalue weighted by Gasteiger charge is 2.31. The summed E-state index contributed by atoms with van der Waals surface area (Å²) in [5.74, 6) is 3.12. The molecule has 7 nitrogen and oxygen atoms in total. The van der Waals surface area contributed by atoms with E-state index in [0.717, 1.165) is 43.9 Å². The maximum absolute atomic E-state index is 13.4. The van der Waals surface area contributed by atoms with E-state index in [-0.39, 0.29) is 17.7 Å². The Balaban J connectivity index is 1.54. The number of halogens is 2. The molecular weight excluding hydrogens is 376 g/mol. The Hall–Kier alpha value is -2.58. The van der Waals surface area contributed by atoms with Crippen LogP contribution in [0.25, 0.3) is 0 Å². The number of nitrogens with zero attached hydrogens (tertiary/aromatic N) is 7. The number of likely N-dealkylation sites (N-methyl/N-ethyl adjacent to an activating group) is 1. The van der Waals surface area contributed by atoms with Crippen molar-refractivity contribution in [1.82, 2.24) is 19.9 Å². The largest absolute Gasteiger partial charge is 0.363 e. The first kappa shape index (κ1) is 19.7. The lowest BCUT2D eigenvalue weighted by Gasteiger charge is -2.39. The zero-order valence-corrected chi connectivity index (χ0v) is 17.1. The van der Waals surface area contributed by atoms with Crippen LogP contribution in [-0.4, -0.2) is 60.2 Å².